The molecule has 1 saturated heterocycles. The van der Waals surface area contributed by atoms with Crippen LogP contribution in [0.15, 0.2) is 42.5 Å². The second-order valence-corrected chi connectivity index (χ2v) is 6.27. The van der Waals surface area contributed by atoms with Crippen LogP contribution < -0.4 is 0 Å². The van der Waals surface area contributed by atoms with Gasteiger partial charge < -0.3 is 4.90 Å². The van der Waals surface area contributed by atoms with Crippen LogP contribution in [0.4, 0.5) is 13.2 Å². The van der Waals surface area contributed by atoms with Gasteiger partial charge in [0.1, 0.15) is 17.5 Å². The van der Waals surface area contributed by atoms with Gasteiger partial charge in [0.25, 0.3) is 0 Å². The Labute approximate surface area is 140 Å². The minimum Gasteiger partial charge on any atom is -0.300 e. The van der Waals surface area contributed by atoms with Crippen LogP contribution in [0.1, 0.15) is 11.1 Å². The van der Waals surface area contributed by atoms with Crippen molar-refractivity contribution in [1.29, 1.82) is 0 Å². The molecule has 2 nitrogen and oxygen atoms in total. The third-order valence-corrected chi connectivity index (χ3v) is 4.42. The number of benzene rings is 2. The summed E-state index contributed by atoms with van der Waals surface area (Å²) in [6, 6.07) is 10.3. The number of nitrogens with zero attached hydrogens (tertiary/aromatic N) is 2. The number of piperazine rings is 1. The summed E-state index contributed by atoms with van der Waals surface area (Å²) in [7, 11) is 0. The molecule has 5 heteroatoms. The molecule has 0 atom stereocenters. The molecule has 0 radical (unpaired) electrons. The van der Waals surface area contributed by atoms with Crippen molar-refractivity contribution in [3.63, 3.8) is 0 Å². The van der Waals surface area contributed by atoms with Gasteiger partial charge >= 0.3 is 0 Å². The molecular weight excluding hydrogens is 313 g/mol. The molecule has 24 heavy (non-hydrogen) atoms. The van der Waals surface area contributed by atoms with Gasteiger partial charge in [-0.25, -0.2) is 13.2 Å². The van der Waals surface area contributed by atoms with Gasteiger partial charge in [0.05, 0.1) is 0 Å². The molecule has 1 aliphatic rings. The second kappa shape index (κ2) is 7.81. The van der Waals surface area contributed by atoms with Crippen molar-refractivity contribution in [3.8, 4) is 0 Å². The first-order valence-corrected chi connectivity index (χ1v) is 8.22. The van der Waals surface area contributed by atoms with Crippen LogP contribution in [-0.2, 0) is 13.0 Å². The Kier molecular flexibility index (Phi) is 5.53. The molecule has 0 aromatic heterocycles. The molecule has 1 fully saturated rings. The van der Waals surface area contributed by atoms with E-state index < -0.39 is 11.6 Å². The standard InChI is InChI=1S/C19H21F3N2/c20-17-3-1-15(2-4-17)5-6-23-7-9-24(10-8-23)14-16-11-18(21)13-19(22)12-16/h1-4,11-13H,5-10,14H2. The van der Waals surface area contributed by atoms with E-state index in [9.17, 15) is 13.2 Å². The molecule has 1 heterocycles. The monoisotopic (exact) mass is 334 g/mol. The number of hydrogen-bond acceptors (Lipinski definition) is 2. The molecule has 3 rings (SSSR count). The number of halogens is 3. The lowest BCUT2D eigenvalue weighted by molar-refractivity contribution is 0.128. The van der Waals surface area contributed by atoms with Crippen LogP contribution in [0, 0.1) is 17.5 Å². The molecule has 2 aromatic rings. The topological polar surface area (TPSA) is 6.48 Å². The Bertz CT molecular complexity index is 645. The third-order valence-electron chi connectivity index (χ3n) is 4.42. The molecule has 0 amide bonds. The SMILES string of the molecule is Fc1ccc(CCN2CCN(Cc3cc(F)cc(F)c3)CC2)cc1. The van der Waals surface area contributed by atoms with Gasteiger partial charge in [0.2, 0.25) is 0 Å². The van der Waals surface area contributed by atoms with Gasteiger partial charge in [-0.1, -0.05) is 12.1 Å². The first kappa shape index (κ1) is 17.0. The molecule has 1 aliphatic heterocycles. The van der Waals surface area contributed by atoms with Crippen LogP contribution >= 0.6 is 0 Å². The summed E-state index contributed by atoms with van der Waals surface area (Å²) in [5, 5.41) is 0. The van der Waals surface area contributed by atoms with E-state index in [4.69, 9.17) is 0 Å². The minimum absolute atomic E-state index is 0.207. The average Bonchev–Trinajstić information content (AvgIpc) is 2.55. The maximum absolute atomic E-state index is 13.2. The van der Waals surface area contributed by atoms with Crippen LogP contribution in [0.5, 0.6) is 0 Å². The van der Waals surface area contributed by atoms with E-state index in [2.05, 4.69) is 9.80 Å². The maximum Gasteiger partial charge on any atom is 0.126 e. The van der Waals surface area contributed by atoms with Crippen molar-refractivity contribution in [2.24, 2.45) is 0 Å². The van der Waals surface area contributed by atoms with E-state index >= 15 is 0 Å². The highest BCUT2D eigenvalue weighted by Gasteiger charge is 2.17. The quantitative estimate of drug-likeness (QED) is 0.826. The zero-order valence-electron chi connectivity index (χ0n) is 13.5. The highest BCUT2D eigenvalue weighted by Crippen LogP contribution is 2.13. The molecule has 0 N–H and O–H groups in total. The fourth-order valence-electron chi connectivity index (χ4n) is 3.07. The van der Waals surface area contributed by atoms with E-state index in [0.29, 0.717) is 12.1 Å². The van der Waals surface area contributed by atoms with Gasteiger partial charge in [0, 0.05) is 45.3 Å². The number of rotatable bonds is 5. The van der Waals surface area contributed by atoms with Crippen LogP contribution in [0.3, 0.4) is 0 Å². The van der Waals surface area contributed by atoms with Crippen molar-refractivity contribution in [2.75, 3.05) is 32.7 Å². The molecule has 0 aliphatic carbocycles. The van der Waals surface area contributed by atoms with E-state index in [-0.39, 0.29) is 5.82 Å². The summed E-state index contributed by atoms with van der Waals surface area (Å²) in [6.07, 6.45) is 0.898. The largest absolute Gasteiger partial charge is 0.300 e. The second-order valence-electron chi connectivity index (χ2n) is 6.27. The highest BCUT2D eigenvalue weighted by atomic mass is 19.1. The summed E-state index contributed by atoms with van der Waals surface area (Å²) in [6.45, 7) is 5.12. The maximum atomic E-state index is 13.2. The predicted octanol–water partition coefficient (Wildman–Crippen LogP) is 3.46. The molecule has 0 saturated carbocycles. The third kappa shape index (κ3) is 4.82. The summed E-state index contributed by atoms with van der Waals surface area (Å²) in [5.41, 5.74) is 1.81. The van der Waals surface area contributed by atoms with Gasteiger partial charge in [-0.15, -0.1) is 0 Å². The lowest BCUT2D eigenvalue weighted by Crippen LogP contribution is -2.46. The summed E-state index contributed by atoms with van der Waals surface area (Å²) < 4.78 is 39.4. The average molecular weight is 334 g/mol. The Morgan fingerprint density at radius 3 is 1.88 bits per heavy atom. The summed E-state index contributed by atoms with van der Waals surface area (Å²) in [5.74, 6) is -1.26. The van der Waals surface area contributed by atoms with Gasteiger partial charge in [-0.2, -0.15) is 0 Å². The molecule has 128 valence electrons. The Hall–Kier alpha value is -1.85. The van der Waals surface area contributed by atoms with E-state index in [0.717, 1.165) is 50.8 Å². The Balaban J connectivity index is 1.44. The Morgan fingerprint density at radius 1 is 0.667 bits per heavy atom. The van der Waals surface area contributed by atoms with Crippen molar-refractivity contribution in [2.45, 2.75) is 13.0 Å². The minimum atomic E-state index is -0.525. The van der Waals surface area contributed by atoms with Crippen LogP contribution in [-0.4, -0.2) is 42.5 Å². The lowest BCUT2D eigenvalue weighted by atomic mass is 10.1. The molecule has 2 aromatic carbocycles. The van der Waals surface area contributed by atoms with Crippen molar-refractivity contribution >= 4 is 0 Å². The molecule has 0 spiro atoms. The van der Waals surface area contributed by atoms with Gasteiger partial charge in [0.15, 0.2) is 0 Å². The Morgan fingerprint density at radius 2 is 1.25 bits per heavy atom. The van der Waals surface area contributed by atoms with Crippen molar-refractivity contribution in [3.05, 3.63) is 71.0 Å². The smallest absolute Gasteiger partial charge is 0.126 e. The summed E-state index contributed by atoms with van der Waals surface area (Å²) in [4.78, 5) is 4.58. The fourth-order valence-corrected chi connectivity index (χ4v) is 3.07. The first-order chi connectivity index (χ1) is 11.6. The lowest BCUT2D eigenvalue weighted by Gasteiger charge is -2.34. The van der Waals surface area contributed by atoms with Crippen molar-refractivity contribution in [1.82, 2.24) is 9.80 Å². The fraction of sp³-hybridized carbons (Fsp3) is 0.368. The van der Waals surface area contributed by atoms with Crippen LogP contribution in [0.25, 0.3) is 0 Å². The highest BCUT2D eigenvalue weighted by molar-refractivity contribution is 5.18. The van der Waals surface area contributed by atoms with E-state index in [1.165, 1.54) is 24.3 Å². The van der Waals surface area contributed by atoms with E-state index in [1.807, 2.05) is 12.1 Å². The van der Waals surface area contributed by atoms with Gasteiger partial charge in [-0.3, -0.25) is 4.90 Å². The first-order valence-electron chi connectivity index (χ1n) is 8.22. The zero-order chi connectivity index (χ0) is 16.9. The van der Waals surface area contributed by atoms with Gasteiger partial charge in [-0.05, 0) is 41.8 Å². The summed E-state index contributed by atoms with van der Waals surface area (Å²) >= 11 is 0. The zero-order valence-corrected chi connectivity index (χ0v) is 13.5. The van der Waals surface area contributed by atoms with Crippen molar-refractivity contribution < 1.29 is 13.2 Å². The van der Waals surface area contributed by atoms with E-state index in [1.54, 1.807) is 0 Å². The molecule has 0 bridgehead atoms. The molecule has 0 unspecified atom stereocenters. The number of hydrogen-bond donors (Lipinski definition) is 0. The normalized spacial score (nSPS) is 16.5. The van der Waals surface area contributed by atoms with Crippen LogP contribution in [0.2, 0.25) is 0 Å². The predicted molar refractivity (Wildman–Crippen MR) is 88.2 cm³/mol. The molecular formula is C19H21F3N2.